The number of aliphatic hydroxyl groups is 1. The van der Waals surface area contributed by atoms with Crippen LogP contribution >= 0.6 is 0 Å². The van der Waals surface area contributed by atoms with Crippen molar-refractivity contribution in [3.63, 3.8) is 0 Å². The van der Waals surface area contributed by atoms with E-state index in [0.29, 0.717) is 5.69 Å². The van der Waals surface area contributed by atoms with Crippen molar-refractivity contribution in [3.8, 4) is 5.75 Å². The van der Waals surface area contributed by atoms with Gasteiger partial charge in [0, 0.05) is 12.6 Å². The minimum Gasteiger partial charge on any atom is -0.508 e. The van der Waals surface area contributed by atoms with E-state index in [1.54, 1.807) is 0 Å². The summed E-state index contributed by atoms with van der Waals surface area (Å²) in [7, 11) is 0. The van der Waals surface area contributed by atoms with Crippen molar-refractivity contribution in [1.82, 2.24) is 0 Å². The standard InChI is InChI=1S/C11H14FNO2/c12-10-4-3-9(15)6-11(10)13-5-1-2-8(13)7-14/h3-4,6,8,14-15H,1-2,5,7H2. The van der Waals surface area contributed by atoms with Crippen LogP contribution < -0.4 is 4.90 Å². The molecule has 3 nitrogen and oxygen atoms in total. The van der Waals surface area contributed by atoms with Crippen molar-refractivity contribution in [1.29, 1.82) is 0 Å². The second kappa shape index (κ2) is 4.06. The van der Waals surface area contributed by atoms with Crippen molar-refractivity contribution < 1.29 is 14.6 Å². The lowest BCUT2D eigenvalue weighted by atomic mass is 10.2. The molecule has 1 aromatic carbocycles. The normalized spacial score (nSPS) is 20.9. The third-order valence-electron chi connectivity index (χ3n) is 2.83. The first kappa shape index (κ1) is 10.2. The molecule has 0 aromatic heterocycles. The number of aromatic hydroxyl groups is 1. The summed E-state index contributed by atoms with van der Waals surface area (Å²) in [6.45, 7) is 0.751. The minimum atomic E-state index is -0.354. The number of rotatable bonds is 2. The number of nitrogens with zero attached hydrogens (tertiary/aromatic N) is 1. The topological polar surface area (TPSA) is 43.7 Å². The predicted molar refractivity (Wildman–Crippen MR) is 55.5 cm³/mol. The Bertz CT molecular complexity index is 356. The molecule has 0 spiro atoms. The maximum absolute atomic E-state index is 13.5. The molecular weight excluding hydrogens is 197 g/mol. The second-order valence-electron chi connectivity index (χ2n) is 3.81. The van der Waals surface area contributed by atoms with Gasteiger partial charge in [0.15, 0.2) is 0 Å². The summed E-state index contributed by atoms with van der Waals surface area (Å²) in [6, 6.07) is 3.95. The van der Waals surface area contributed by atoms with Crippen LogP contribution in [0, 0.1) is 5.82 Å². The van der Waals surface area contributed by atoms with Crippen molar-refractivity contribution in [2.75, 3.05) is 18.1 Å². The van der Waals surface area contributed by atoms with E-state index in [0.717, 1.165) is 19.4 Å². The first-order valence-corrected chi connectivity index (χ1v) is 5.08. The highest BCUT2D eigenvalue weighted by Gasteiger charge is 2.26. The van der Waals surface area contributed by atoms with Crippen LogP contribution in [0.25, 0.3) is 0 Å². The quantitative estimate of drug-likeness (QED) is 0.779. The van der Waals surface area contributed by atoms with Gasteiger partial charge in [-0.05, 0) is 25.0 Å². The van der Waals surface area contributed by atoms with Gasteiger partial charge in [-0.1, -0.05) is 0 Å². The average molecular weight is 211 g/mol. The monoisotopic (exact) mass is 211 g/mol. The van der Waals surface area contributed by atoms with Gasteiger partial charge >= 0.3 is 0 Å². The smallest absolute Gasteiger partial charge is 0.146 e. The number of hydrogen-bond donors (Lipinski definition) is 2. The van der Waals surface area contributed by atoms with Crippen molar-refractivity contribution in [2.45, 2.75) is 18.9 Å². The number of phenols is 1. The van der Waals surface area contributed by atoms with Crippen molar-refractivity contribution >= 4 is 5.69 Å². The van der Waals surface area contributed by atoms with Gasteiger partial charge < -0.3 is 15.1 Å². The molecule has 1 aliphatic rings. The molecule has 1 saturated heterocycles. The van der Waals surface area contributed by atoms with E-state index >= 15 is 0 Å². The van der Waals surface area contributed by atoms with Crippen LogP contribution in [0.4, 0.5) is 10.1 Å². The van der Waals surface area contributed by atoms with Crippen LogP contribution in [0.5, 0.6) is 5.75 Å². The third kappa shape index (κ3) is 1.90. The lowest BCUT2D eigenvalue weighted by molar-refractivity contribution is 0.266. The molecule has 1 atom stereocenters. The molecule has 0 aliphatic carbocycles. The van der Waals surface area contributed by atoms with Gasteiger partial charge in [-0.2, -0.15) is 0 Å². The van der Waals surface area contributed by atoms with E-state index < -0.39 is 0 Å². The van der Waals surface area contributed by atoms with Gasteiger partial charge in [-0.3, -0.25) is 0 Å². The fourth-order valence-electron chi connectivity index (χ4n) is 2.06. The van der Waals surface area contributed by atoms with Crippen LogP contribution in [0.1, 0.15) is 12.8 Å². The van der Waals surface area contributed by atoms with Crippen LogP contribution in [0.2, 0.25) is 0 Å². The van der Waals surface area contributed by atoms with Gasteiger partial charge in [0.25, 0.3) is 0 Å². The predicted octanol–water partition coefficient (Wildman–Crippen LogP) is 1.49. The molecule has 1 unspecified atom stereocenters. The zero-order chi connectivity index (χ0) is 10.8. The number of benzene rings is 1. The Morgan fingerprint density at radius 1 is 1.47 bits per heavy atom. The zero-order valence-corrected chi connectivity index (χ0v) is 8.36. The highest BCUT2D eigenvalue weighted by atomic mass is 19.1. The lowest BCUT2D eigenvalue weighted by Crippen LogP contribution is -2.32. The van der Waals surface area contributed by atoms with E-state index in [2.05, 4.69) is 0 Å². The summed E-state index contributed by atoms with van der Waals surface area (Å²) < 4.78 is 13.5. The molecule has 0 amide bonds. The SMILES string of the molecule is OCC1CCCN1c1cc(O)ccc1F. The molecule has 82 valence electrons. The Hall–Kier alpha value is -1.29. The summed E-state index contributed by atoms with van der Waals surface area (Å²) in [6.07, 6.45) is 1.81. The Balaban J connectivity index is 2.31. The van der Waals surface area contributed by atoms with E-state index in [9.17, 15) is 9.50 Å². The number of aliphatic hydroxyl groups excluding tert-OH is 1. The molecule has 0 bridgehead atoms. The van der Waals surface area contributed by atoms with Crippen LogP contribution in [-0.4, -0.2) is 29.4 Å². The summed E-state index contributed by atoms with van der Waals surface area (Å²) in [5, 5.41) is 18.4. The van der Waals surface area contributed by atoms with E-state index in [1.807, 2.05) is 4.90 Å². The van der Waals surface area contributed by atoms with E-state index in [1.165, 1.54) is 18.2 Å². The van der Waals surface area contributed by atoms with Crippen LogP contribution in [0.3, 0.4) is 0 Å². The molecule has 1 heterocycles. The van der Waals surface area contributed by atoms with Gasteiger partial charge in [-0.25, -0.2) is 4.39 Å². The number of halogens is 1. The Labute approximate surface area is 87.8 Å². The highest BCUT2D eigenvalue weighted by Crippen LogP contribution is 2.30. The average Bonchev–Trinajstić information content (AvgIpc) is 2.69. The number of phenolic OH excluding ortho intramolecular Hbond substituents is 1. The summed E-state index contributed by atoms with van der Waals surface area (Å²) in [5.74, 6) is -0.303. The Kier molecular flexibility index (Phi) is 2.77. The molecule has 1 fully saturated rings. The van der Waals surface area contributed by atoms with Gasteiger partial charge in [0.1, 0.15) is 11.6 Å². The Morgan fingerprint density at radius 2 is 2.27 bits per heavy atom. The fourth-order valence-corrected chi connectivity index (χ4v) is 2.06. The van der Waals surface area contributed by atoms with E-state index in [-0.39, 0.29) is 24.2 Å². The third-order valence-corrected chi connectivity index (χ3v) is 2.83. The maximum Gasteiger partial charge on any atom is 0.146 e. The molecule has 1 aliphatic heterocycles. The van der Waals surface area contributed by atoms with Gasteiger partial charge in [0.05, 0.1) is 18.3 Å². The molecule has 2 N–H and O–H groups in total. The first-order chi connectivity index (χ1) is 7.22. The van der Waals surface area contributed by atoms with Crippen molar-refractivity contribution in [2.24, 2.45) is 0 Å². The molecule has 0 saturated carbocycles. The molecule has 15 heavy (non-hydrogen) atoms. The molecule has 0 radical (unpaired) electrons. The summed E-state index contributed by atoms with van der Waals surface area (Å²) >= 11 is 0. The van der Waals surface area contributed by atoms with Gasteiger partial charge in [0.2, 0.25) is 0 Å². The lowest BCUT2D eigenvalue weighted by Gasteiger charge is -2.25. The second-order valence-corrected chi connectivity index (χ2v) is 3.81. The largest absolute Gasteiger partial charge is 0.508 e. The van der Waals surface area contributed by atoms with E-state index in [4.69, 9.17) is 5.11 Å². The number of hydrogen-bond acceptors (Lipinski definition) is 3. The fraction of sp³-hybridized carbons (Fsp3) is 0.455. The van der Waals surface area contributed by atoms with Crippen LogP contribution in [0.15, 0.2) is 18.2 Å². The summed E-state index contributed by atoms with van der Waals surface area (Å²) in [5.41, 5.74) is 0.381. The first-order valence-electron chi connectivity index (χ1n) is 5.08. The minimum absolute atomic E-state index is 0.0229. The Morgan fingerprint density at radius 3 is 3.00 bits per heavy atom. The van der Waals surface area contributed by atoms with Crippen LogP contribution in [-0.2, 0) is 0 Å². The maximum atomic E-state index is 13.5. The van der Waals surface area contributed by atoms with Gasteiger partial charge in [-0.15, -0.1) is 0 Å². The molecular formula is C11H14FNO2. The number of anilines is 1. The van der Waals surface area contributed by atoms with Crippen molar-refractivity contribution in [3.05, 3.63) is 24.0 Å². The zero-order valence-electron chi connectivity index (χ0n) is 8.36. The summed E-state index contributed by atoms with van der Waals surface area (Å²) in [4.78, 5) is 1.81. The highest BCUT2D eigenvalue weighted by molar-refractivity contribution is 5.53. The molecule has 1 aromatic rings. The molecule has 2 rings (SSSR count). The molecule has 4 heteroatoms.